The molecule has 8 rings (SSSR count). The quantitative estimate of drug-likeness (QED) is 0.109. The number of aromatic hydroxyl groups is 1. The maximum absolute atomic E-state index is 14.1. The van der Waals surface area contributed by atoms with Gasteiger partial charge in [0.1, 0.15) is 17.1 Å². The second kappa shape index (κ2) is 11.9. The van der Waals surface area contributed by atoms with Crippen LogP contribution in [0, 0.1) is 0 Å². The van der Waals surface area contributed by atoms with Crippen LogP contribution in [0.3, 0.4) is 0 Å². The number of carbonyl (C=O) groups is 1. The van der Waals surface area contributed by atoms with Crippen LogP contribution >= 0.6 is 23.2 Å². The maximum atomic E-state index is 14.1. The molecular weight excluding hydrogens is 721 g/mol. The van der Waals surface area contributed by atoms with Gasteiger partial charge in [-0.05, 0) is 34.9 Å². The molecule has 0 saturated heterocycles. The van der Waals surface area contributed by atoms with Gasteiger partial charge in [0.25, 0.3) is 0 Å². The molecule has 4 aromatic rings. The van der Waals surface area contributed by atoms with Gasteiger partial charge >= 0.3 is 19.3 Å². The Bertz CT molecular complexity index is 2580. The number of benzene rings is 5. The number of hydrogen-bond donors (Lipinski definition) is 6. The summed E-state index contributed by atoms with van der Waals surface area (Å²) >= 11 is 13.4. The average molecular weight is 755 g/mol. The number of carboxylic acid groups (broad SMARTS) is 1. The van der Waals surface area contributed by atoms with E-state index in [9.17, 15) is 39.9 Å². The van der Waals surface area contributed by atoms with E-state index in [4.69, 9.17) is 27.6 Å². The Morgan fingerprint density at radius 2 is 1.28 bits per heavy atom. The molecular formula is C38H34B2Cl2N2O9. The van der Waals surface area contributed by atoms with E-state index in [2.05, 4.69) is 0 Å². The van der Waals surface area contributed by atoms with Crippen molar-refractivity contribution in [2.45, 2.75) is 26.2 Å². The lowest BCUT2D eigenvalue weighted by Crippen LogP contribution is -2.68. The summed E-state index contributed by atoms with van der Waals surface area (Å²) in [5.74, 6) is -1.66. The van der Waals surface area contributed by atoms with Crippen LogP contribution < -0.4 is 16.4 Å². The zero-order chi connectivity index (χ0) is 37.8. The first kappa shape index (κ1) is 35.3. The van der Waals surface area contributed by atoms with E-state index in [0.717, 1.165) is 0 Å². The molecule has 0 aromatic heterocycles. The van der Waals surface area contributed by atoms with Crippen LogP contribution in [0.15, 0.2) is 94.1 Å². The van der Waals surface area contributed by atoms with Gasteiger partial charge in [0, 0.05) is 30.6 Å². The highest BCUT2D eigenvalue weighted by Crippen LogP contribution is 2.49. The van der Waals surface area contributed by atoms with Crippen molar-refractivity contribution in [3.63, 3.8) is 0 Å². The molecule has 2 atom stereocenters. The number of aromatic carboxylic acids is 1. The Labute approximate surface area is 313 Å². The fourth-order valence-electron chi connectivity index (χ4n) is 8.57. The Hall–Kier alpha value is -4.69. The number of phenols is 1. The van der Waals surface area contributed by atoms with Gasteiger partial charge < -0.3 is 43.5 Å². The number of phenolic OH excluding ortho intramolecular Hbond substituents is 1. The molecule has 3 heterocycles. The Balaban J connectivity index is 1.44. The zero-order valence-electron chi connectivity index (χ0n) is 28.6. The van der Waals surface area contributed by atoms with Crippen molar-refractivity contribution in [2.24, 2.45) is 0 Å². The molecule has 4 aromatic carbocycles. The summed E-state index contributed by atoms with van der Waals surface area (Å²) in [5, 5.41) is 68.5. The van der Waals surface area contributed by atoms with E-state index in [-0.39, 0.29) is 90.7 Å². The van der Waals surface area contributed by atoms with Crippen LogP contribution in [0.2, 0.25) is 10.0 Å². The van der Waals surface area contributed by atoms with Crippen LogP contribution in [0.5, 0.6) is 5.75 Å². The molecule has 3 aliphatic heterocycles. The van der Waals surface area contributed by atoms with E-state index >= 15 is 0 Å². The third-order valence-corrected chi connectivity index (χ3v) is 12.1. The predicted octanol–water partition coefficient (Wildman–Crippen LogP) is 3.86. The topological polar surface area (TPSA) is 169 Å². The lowest BCUT2D eigenvalue weighted by atomic mass is 9.62. The van der Waals surface area contributed by atoms with Crippen molar-refractivity contribution >= 4 is 64.4 Å². The first-order valence-electron chi connectivity index (χ1n) is 17.0. The smallest absolute Gasteiger partial charge is 0.498 e. The van der Waals surface area contributed by atoms with Gasteiger partial charge in [-0.25, -0.2) is 4.79 Å². The molecule has 53 heavy (non-hydrogen) atoms. The summed E-state index contributed by atoms with van der Waals surface area (Å²) < 4.78 is 5.89. The van der Waals surface area contributed by atoms with Crippen molar-refractivity contribution in [3.05, 3.63) is 133 Å². The van der Waals surface area contributed by atoms with Gasteiger partial charge in [-0.15, -0.1) is 0 Å². The summed E-state index contributed by atoms with van der Waals surface area (Å²) in [6, 6.07) is 22.9. The number of halogens is 2. The van der Waals surface area contributed by atoms with Gasteiger partial charge in [0.15, 0.2) is 0 Å². The predicted molar refractivity (Wildman–Crippen MR) is 203 cm³/mol. The van der Waals surface area contributed by atoms with E-state index in [1.807, 2.05) is 0 Å². The van der Waals surface area contributed by atoms with Crippen molar-refractivity contribution in [1.29, 1.82) is 0 Å². The van der Waals surface area contributed by atoms with Crippen molar-refractivity contribution < 1.29 is 48.3 Å². The van der Waals surface area contributed by atoms with Gasteiger partial charge in [0.2, 0.25) is 5.43 Å². The molecule has 0 spiro atoms. The molecule has 2 unspecified atom stereocenters. The number of carboxylic acids is 1. The van der Waals surface area contributed by atoms with Gasteiger partial charge in [-0.3, -0.25) is 4.79 Å². The molecule has 0 radical (unpaired) electrons. The number of hydrogen-bond acceptors (Lipinski definition) is 8. The summed E-state index contributed by atoms with van der Waals surface area (Å²) in [6.45, 7) is -6.61. The first-order chi connectivity index (χ1) is 25.0. The molecule has 0 fully saturated rings. The minimum Gasteiger partial charge on any atom is -0.524 e. The first-order valence-corrected chi connectivity index (χ1v) is 17.7. The molecule has 4 aliphatic rings. The fraction of sp³-hybridized carbons (Fsp3) is 0.158. The highest BCUT2D eigenvalue weighted by Gasteiger charge is 2.53. The summed E-state index contributed by atoms with van der Waals surface area (Å²) in [6.07, 6.45) is 0. The Kier molecular flexibility index (Phi) is 7.94. The van der Waals surface area contributed by atoms with Crippen molar-refractivity contribution in [1.82, 2.24) is 0 Å². The average Bonchev–Trinajstić information content (AvgIpc) is 3.45. The minimum atomic E-state index is -3.25. The van der Waals surface area contributed by atoms with Crippen LogP contribution in [-0.4, -0.2) is 72.5 Å². The number of nitrogens with zero attached hydrogens (tertiary/aromatic N) is 2. The zero-order valence-corrected chi connectivity index (χ0v) is 30.1. The standard InChI is InChI=1S/C38H34B2Cl2N2O9/c1-43(17-21-9-3-7-13-29(21)39(43,49)50)19-27-34(45)31(41)15-25-33(23-11-5-6-12-24(23)38(47)48)26-16-32(42)35(46)28(37(26)53-36(25)27)20-44(2)18-22-10-4-8-14-30(22)40(44,51)52/h3-16,45,49-52H,17-20H2,1-2H3,(H,47,48). The molecule has 0 saturated carbocycles. The van der Waals surface area contributed by atoms with Crippen LogP contribution in [0.4, 0.5) is 0 Å². The van der Waals surface area contributed by atoms with Crippen molar-refractivity contribution in [3.8, 4) is 28.2 Å². The second-order valence-corrected chi connectivity index (χ2v) is 15.7. The van der Waals surface area contributed by atoms with Crippen molar-refractivity contribution in [2.75, 3.05) is 14.1 Å². The molecule has 11 nitrogen and oxygen atoms in total. The Morgan fingerprint density at radius 3 is 1.85 bits per heavy atom. The third-order valence-electron chi connectivity index (χ3n) is 11.5. The summed E-state index contributed by atoms with van der Waals surface area (Å²) in [5.41, 5.74) is 2.22. The SMILES string of the molecule is C[N+]1(Cc2c3oc4c(C[N+]5(C)Cc6ccccc6[B-]5(O)O)c(O)c(Cl)cc4c(-c4ccccc4C(=O)O)c-3cc(Cl)c2=O)Cc2ccccc2[B-]1(O)O. The normalized spacial score (nSPS) is 21.2. The van der Waals surface area contributed by atoms with Crippen LogP contribution in [0.25, 0.3) is 33.4 Å². The molecule has 1 aliphatic carbocycles. The van der Waals surface area contributed by atoms with Gasteiger partial charge in [0.05, 0.1) is 52.9 Å². The lowest BCUT2D eigenvalue weighted by molar-refractivity contribution is -0.850. The molecule has 15 heteroatoms. The monoisotopic (exact) mass is 754 g/mol. The summed E-state index contributed by atoms with van der Waals surface area (Å²) in [4.78, 5) is 26.8. The van der Waals surface area contributed by atoms with E-state index in [1.165, 1.54) is 18.2 Å². The Morgan fingerprint density at radius 1 is 0.755 bits per heavy atom. The lowest BCUT2D eigenvalue weighted by Gasteiger charge is -2.46. The van der Waals surface area contributed by atoms with Crippen LogP contribution in [0.1, 0.15) is 32.6 Å². The molecule has 6 N–H and O–H groups in total. The van der Waals surface area contributed by atoms with E-state index < -0.39 is 34.9 Å². The fourth-order valence-corrected chi connectivity index (χ4v) is 9.01. The number of quaternary nitrogens is 2. The highest BCUT2D eigenvalue weighted by molar-refractivity contribution is 6.73. The second-order valence-electron chi connectivity index (χ2n) is 14.9. The van der Waals surface area contributed by atoms with Gasteiger partial charge in [-0.2, -0.15) is 0 Å². The van der Waals surface area contributed by atoms with Gasteiger partial charge in [-0.1, -0.05) is 101 Å². The molecule has 0 amide bonds. The number of fused-ring (bicyclic) bond motifs is 4. The molecule has 270 valence electrons. The largest absolute Gasteiger partial charge is 0.524 e. The molecule has 0 bridgehead atoms. The summed E-state index contributed by atoms with van der Waals surface area (Å²) in [7, 11) is 3.25. The number of rotatable bonds is 6. The third kappa shape index (κ3) is 5.08. The van der Waals surface area contributed by atoms with E-state index in [1.54, 1.807) is 80.8 Å². The minimum absolute atomic E-state index is 0.00893. The highest BCUT2D eigenvalue weighted by atomic mass is 35.5. The maximum Gasteiger partial charge on any atom is 0.498 e. The van der Waals surface area contributed by atoms with E-state index in [0.29, 0.717) is 22.1 Å². The van der Waals surface area contributed by atoms with Crippen LogP contribution in [-0.2, 0) is 26.2 Å².